The third kappa shape index (κ3) is 4.41. The Balaban J connectivity index is 1.49. The van der Waals surface area contributed by atoms with Crippen molar-refractivity contribution in [2.75, 3.05) is 6.61 Å². The van der Waals surface area contributed by atoms with Gasteiger partial charge in [-0.05, 0) is 76.0 Å². The first kappa shape index (κ1) is 21.6. The molecule has 4 bridgehead atoms. The first-order valence-corrected chi connectivity index (χ1v) is 10.8. The fraction of sp³-hybridized carbons (Fsp3) is 0.818. The summed E-state index contributed by atoms with van der Waals surface area (Å²) in [5, 5.41) is 14.7. The maximum absolute atomic E-state index is 13.0. The van der Waals surface area contributed by atoms with E-state index in [1.807, 2.05) is 13.8 Å². The molecule has 160 valence electrons. The number of rotatable bonds is 7. The summed E-state index contributed by atoms with van der Waals surface area (Å²) < 4.78 is 5.08. The topological polar surface area (TPSA) is 108 Å². The lowest BCUT2D eigenvalue weighted by atomic mass is 9.49. The second-order valence-corrected chi connectivity index (χ2v) is 10.0. The summed E-state index contributed by atoms with van der Waals surface area (Å²) in [5.74, 6) is 0.639. The lowest BCUT2D eigenvalue weighted by Crippen LogP contribution is -2.56. The van der Waals surface area contributed by atoms with Crippen LogP contribution in [0.4, 0.5) is 0 Å². The molecule has 0 saturated heterocycles. The van der Waals surface area contributed by atoms with Crippen LogP contribution in [0.3, 0.4) is 0 Å². The third-order valence-electron chi connectivity index (χ3n) is 7.35. The van der Waals surface area contributed by atoms with E-state index in [-0.39, 0.29) is 17.2 Å². The van der Waals surface area contributed by atoms with E-state index in [1.54, 1.807) is 13.8 Å². The van der Waals surface area contributed by atoms with Gasteiger partial charge in [0, 0.05) is 5.41 Å². The van der Waals surface area contributed by atoms with Crippen molar-refractivity contribution < 1.29 is 19.1 Å². The van der Waals surface area contributed by atoms with Gasteiger partial charge in [-0.1, -0.05) is 13.8 Å². The van der Waals surface area contributed by atoms with Crippen LogP contribution in [-0.2, 0) is 19.1 Å². The number of amides is 2. The van der Waals surface area contributed by atoms with Crippen LogP contribution in [0.25, 0.3) is 0 Å². The molecule has 0 heterocycles. The number of carbonyl (C=O) groups excluding carboxylic acids is 3. The Morgan fingerprint density at radius 3 is 2.07 bits per heavy atom. The van der Waals surface area contributed by atoms with Gasteiger partial charge in [-0.2, -0.15) is 5.26 Å². The summed E-state index contributed by atoms with van der Waals surface area (Å²) in [6.07, 6.45) is 6.52. The van der Waals surface area contributed by atoms with E-state index in [1.165, 1.54) is 19.3 Å². The SMILES string of the molecule is CC(C)[C@@](C)(C#N)NC(=O)COC(=O)[C@H](C)NC(=O)C12CC3CC(CC(C3)C1)C2. The molecule has 0 aromatic heterocycles. The van der Waals surface area contributed by atoms with Crippen molar-refractivity contribution in [3.63, 3.8) is 0 Å². The van der Waals surface area contributed by atoms with Crippen molar-refractivity contribution >= 4 is 17.8 Å². The van der Waals surface area contributed by atoms with E-state index in [4.69, 9.17) is 4.74 Å². The summed E-state index contributed by atoms with van der Waals surface area (Å²) in [5.41, 5.74) is -1.35. The minimum atomic E-state index is -1.03. The highest BCUT2D eigenvalue weighted by Gasteiger charge is 2.54. The fourth-order valence-electron chi connectivity index (χ4n) is 5.69. The molecule has 0 unspecified atom stereocenters. The van der Waals surface area contributed by atoms with Crippen LogP contribution >= 0.6 is 0 Å². The van der Waals surface area contributed by atoms with Crippen LogP contribution in [0.15, 0.2) is 0 Å². The van der Waals surface area contributed by atoms with Gasteiger partial charge in [0.2, 0.25) is 5.91 Å². The maximum atomic E-state index is 13.0. The molecule has 2 N–H and O–H groups in total. The Hall–Kier alpha value is -2.10. The van der Waals surface area contributed by atoms with Crippen LogP contribution in [0.2, 0.25) is 0 Å². The number of carbonyl (C=O) groups is 3. The molecular weight excluding hydrogens is 370 g/mol. The second kappa shape index (κ2) is 7.97. The van der Waals surface area contributed by atoms with Gasteiger partial charge in [0.05, 0.1) is 6.07 Å². The Morgan fingerprint density at radius 2 is 1.62 bits per heavy atom. The predicted octanol–water partition coefficient (Wildman–Crippen LogP) is 2.31. The number of nitriles is 1. The van der Waals surface area contributed by atoms with Gasteiger partial charge in [-0.15, -0.1) is 0 Å². The molecule has 2 amide bonds. The molecule has 7 heteroatoms. The first-order valence-electron chi connectivity index (χ1n) is 10.8. The highest BCUT2D eigenvalue weighted by molar-refractivity contribution is 5.89. The molecule has 2 atom stereocenters. The van der Waals surface area contributed by atoms with Crippen molar-refractivity contribution in [2.45, 2.75) is 77.8 Å². The largest absolute Gasteiger partial charge is 0.454 e. The number of nitrogens with zero attached hydrogens (tertiary/aromatic N) is 1. The molecule has 0 aromatic carbocycles. The summed E-state index contributed by atoms with van der Waals surface area (Å²) in [4.78, 5) is 37.4. The van der Waals surface area contributed by atoms with Crippen LogP contribution in [0.1, 0.15) is 66.2 Å². The molecule has 0 radical (unpaired) electrons. The highest BCUT2D eigenvalue weighted by atomic mass is 16.5. The van der Waals surface area contributed by atoms with E-state index < -0.39 is 30.1 Å². The molecule has 0 aromatic rings. The van der Waals surface area contributed by atoms with Crippen molar-refractivity contribution in [1.29, 1.82) is 5.26 Å². The van der Waals surface area contributed by atoms with Gasteiger partial charge < -0.3 is 15.4 Å². The standard InChI is InChI=1S/C22H33N3O4/c1-13(2)21(4,12-23)25-18(26)11-29-19(27)14(3)24-20(28)22-8-15-5-16(9-22)7-17(6-15)10-22/h13-17H,5-11H2,1-4H3,(H,24,28)(H,25,26)/t14-,15?,16?,17?,21+,22?/m0/s1. The molecule has 4 aliphatic carbocycles. The number of hydrogen-bond acceptors (Lipinski definition) is 5. The maximum Gasteiger partial charge on any atom is 0.328 e. The molecular formula is C22H33N3O4. The molecule has 0 aliphatic heterocycles. The Morgan fingerprint density at radius 1 is 1.10 bits per heavy atom. The Bertz CT molecular complexity index is 691. The lowest BCUT2D eigenvalue weighted by molar-refractivity contribution is -0.155. The second-order valence-electron chi connectivity index (χ2n) is 10.0. The van der Waals surface area contributed by atoms with Crippen LogP contribution < -0.4 is 10.6 Å². The number of esters is 1. The zero-order valence-electron chi connectivity index (χ0n) is 17.9. The average Bonchev–Trinajstić information content (AvgIpc) is 2.64. The van der Waals surface area contributed by atoms with Crippen molar-refractivity contribution in [2.24, 2.45) is 29.1 Å². The lowest BCUT2D eigenvalue weighted by Gasteiger charge is -2.55. The highest BCUT2D eigenvalue weighted by Crippen LogP contribution is 2.60. The molecule has 29 heavy (non-hydrogen) atoms. The monoisotopic (exact) mass is 403 g/mol. The van der Waals surface area contributed by atoms with Crippen molar-refractivity contribution in [3.05, 3.63) is 0 Å². The quantitative estimate of drug-likeness (QED) is 0.634. The normalized spacial score (nSPS) is 32.8. The average molecular weight is 404 g/mol. The first-order chi connectivity index (χ1) is 13.6. The van der Waals surface area contributed by atoms with Crippen molar-refractivity contribution in [1.82, 2.24) is 10.6 Å². The molecule has 7 nitrogen and oxygen atoms in total. The molecule has 4 aliphatic rings. The number of ether oxygens (including phenoxy) is 1. The van der Waals surface area contributed by atoms with Gasteiger partial charge >= 0.3 is 5.97 Å². The number of hydrogen-bond donors (Lipinski definition) is 2. The van der Waals surface area contributed by atoms with Crippen LogP contribution in [-0.4, -0.2) is 36.0 Å². The van der Waals surface area contributed by atoms with E-state index >= 15 is 0 Å². The van der Waals surface area contributed by atoms with Gasteiger partial charge in [-0.25, -0.2) is 4.79 Å². The summed E-state index contributed by atoms with van der Waals surface area (Å²) in [7, 11) is 0. The zero-order valence-corrected chi connectivity index (χ0v) is 17.9. The minimum Gasteiger partial charge on any atom is -0.454 e. The summed E-state index contributed by atoms with van der Waals surface area (Å²) in [6.45, 7) is 6.41. The van der Waals surface area contributed by atoms with Gasteiger partial charge in [0.25, 0.3) is 5.91 Å². The molecule has 4 rings (SSSR count). The Labute approximate surface area is 172 Å². The number of nitrogens with one attached hydrogen (secondary N) is 2. The molecule has 4 fully saturated rings. The summed E-state index contributed by atoms with van der Waals surface area (Å²) >= 11 is 0. The zero-order chi connectivity index (χ0) is 21.4. The van der Waals surface area contributed by atoms with E-state index in [2.05, 4.69) is 16.7 Å². The van der Waals surface area contributed by atoms with E-state index in [0.29, 0.717) is 17.8 Å². The van der Waals surface area contributed by atoms with Crippen molar-refractivity contribution in [3.8, 4) is 6.07 Å². The van der Waals surface area contributed by atoms with Crippen LogP contribution in [0, 0.1) is 40.4 Å². The molecule has 4 saturated carbocycles. The smallest absolute Gasteiger partial charge is 0.328 e. The van der Waals surface area contributed by atoms with Gasteiger partial charge in [0.1, 0.15) is 11.6 Å². The molecule has 0 spiro atoms. The van der Waals surface area contributed by atoms with E-state index in [0.717, 1.165) is 19.3 Å². The summed E-state index contributed by atoms with van der Waals surface area (Å²) in [6, 6.07) is 1.27. The predicted molar refractivity (Wildman–Crippen MR) is 106 cm³/mol. The minimum absolute atomic E-state index is 0.0395. The third-order valence-corrected chi connectivity index (χ3v) is 7.35. The fourth-order valence-corrected chi connectivity index (χ4v) is 5.69. The van der Waals surface area contributed by atoms with Crippen LogP contribution in [0.5, 0.6) is 0 Å². The van der Waals surface area contributed by atoms with Gasteiger partial charge in [0.15, 0.2) is 6.61 Å². The van der Waals surface area contributed by atoms with Gasteiger partial charge in [-0.3, -0.25) is 9.59 Å². The Kier molecular flexibility index (Phi) is 5.93. The van der Waals surface area contributed by atoms with E-state index in [9.17, 15) is 19.6 Å².